The van der Waals surface area contributed by atoms with Gasteiger partial charge >= 0.3 is 11.8 Å². The van der Waals surface area contributed by atoms with Crippen molar-refractivity contribution < 1.29 is 28.6 Å². The number of rotatable bonds is 11. The Morgan fingerprint density at radius 1 is 1.00 bits per heavy atom. The van der Waals surface area contributed by atoms with Gasteiger partial charge in [0.1, 0.15) is 5.75 Å². The van der Waals surface area contributed by atoms with Crippen molar-refractivity contribution in [2.75, 3.05) is 25.6 Å². The highest BCUT2D eigenvalue weighted by atomic mass is 127. The lowest BCUT2D eigenvalue weighted by Crippen LogP contribution is -2.37. The number of nitrogens with zero attached hydrogens (tertiary/aromatic N) is 1. The van der Waals surface area contributed by atoms with Crippen molar-refractivity contribution in [3.63, 3.8) is 0 Å². The van der Waals surface area contributed by atoms with Crippen LogP contribution >= 0.6 is 22.6 Å². The zero-order valence-electron chi connectivity index (χ0n) is 21.7. The molecule has 39 heavy (non-hydrogen) atoms. The van der Waals surface area contributed by atoms with Gasteiger partial charge in [-0.1, -0.05) is 24.3 Å². The second kappa shape index (κ2) is 14.7. The molecule has 3 N–H and O–H groups in total. The SMILES string of the molecule is CCOc1cc(/C=N\NC(=O)C(=O)NCc2ccc(OC)cc2)cc(I)c1OCC(=O)Nc1cccc(C)c1. The van der Waals surface area contributed by atoms with Crippen LogP contribution in [0.1, 0.15) is 23.6 Å². The molecule has 3 aromatic rings. The van der Waals surface area contributed by atoms with Gasteiger partial charge in [-0.3, -0.25) is 14.4 Å². The Kier molecular flexibility index (Phi) is 11.1. The van der Waals surface area contributed by atoms with Crippen LogP contribution in [0.3, 0.4) is 0 Å². The van der Waals surface area contributed by atoms with Crippen molar-refractivity contribution in [1.82, 2.24) is 10.7 Å². The summed E-state index contributed by atoms with van der Waals surface area (Å²) in [6, 6.07) is 18.0. The van der Waals surface area contributed by atoms with E-state index in [1.54, 1.807) is 49.6 Å². The number of hydrazone groups is 1. The molecule has 0 aromatic heterocycles. The molecule has 0 aliphatic rings. The zero-order valence-corrected chi connectivity index (χ0v) is 23.9. The van der Waals surface area contributed by atoms with Gasteiger partial charge in [-0.05, 0) is 89.5 Å². The highest BCUT2D eigenvalue weighted by Crippen LogP contribution is 2.34. The largest absolute Gasteiger partial charge is 0.497 e. The first kappa shape index (κ1) is 29.4. The predicted octanol–water partition coefficient (Wildman–Crippen LogP) is 3.79. The molecule has 3 amide bonds. The van der Waals surface area contributed by atoms with Crippen LogP contribution in [0.4, 0.5) is 5.69 Å². The Balaban J connectivity index is 1.56. The molecule has 3 aromatic carbocycles. The van der Waals surface area contributed by atoms with Gasteiger partial charge in [-0.25, -0.2) is 5.43 Å². The van der Waals surface area contributed by atoms with E-state index >= 15 is 0 Å². The number of ether oxygens (including phenoxy) is 3. The molecular formula is C28H29IN4O6. The molecular weight excluding hydrogens is 615 g/mol. The quantitative estimate of drug-likeness (QED) is 0.126. The number of anilines is 1. The van der Waals surface area contributed by atoms with Crippen LogP contribution in [0.25, 0.3) is 0 Å². The first-order chi connectivity index (χ1) is 18.8. The molecule has 0 unspecified atom stereocenters. The first-order valence-electron chi connectivity index (χ1n) is 12.0. The number of benzene rings is 3. The summed E-state index contributed by atoms with van der Waals surface area (Å²) in [6.45, 7) is 4.11. The molecule has 11 heteroatoms. The van der Waals surface area contributed by atoms with Crippen LogP contribution in [0, 0.1) is 10.5 Å². The lowest BCUT2D eigenvalue weighted by atomic mass is 10.2. The number of hydrogen-bond donors (Lipinski definition) is 3. The van der Waals surface area contributed by atoms with E-state index in [0.29, 0.717) is 38.7 Å². The standard InChI is InChI=1S/C28H29IN4O6/c1-4-38-24-14-20(13-23(29)26(24)39-17-25(34)32-21-7-5-6-18(2)12-21)16-31-33-28(36)27(35)30-15-19-8-10-22(37-3)11-9-19/h5-14,16H,4,15,17H2,1-3H3,(H,30,35)(H,32,34)(H,33,36)/b31-16-. The van der Waals surface area contributed by atoms with Crippen LogP contribution in [0.5, 0.6) is 17.2 Å². The summed E-state index contributed by atoms with van der Waals surface area (Å²) in [7, 11) is 1.57. The molecule has 0 atom stereocenters. The number of halogens is 1. The van der Waals surface area contributed by atoms with E-state index in [4.69, 9.17) is 14.2 Å². The first-order valence-corrected chi connectivity index (χ1v) is 13.1. The summed E-state index contributed by atoms with van der Waals surface area (Å²) in [4.78, 5) is 36.6. The average molecular weight is 644 g/mol. The van der Waals surface area contributed by atoms with E-state index < -0.39 is 11.8 Å². The number of methoxy groups -OCH3 is 1. The maximum absolute atomic E-state index is 12.4. The summed E-state index contributed by atoms with van der Waals surface area (Å²) in [6.07, 6.45) is 1.38. The molecule has 0 saturated carbocycles. The van der Waals surface area contributed by atoms with Crippen LogP contribution in [-0.4, -0.2) is 44.3 Å². The van der Waals surface area contributed by atoms with E-state index in [2.05, 4.69) is 43.8 Å². The number of hydrogen-bond acceptors (Lipinski definition) is 7. The molecule has 3 rings (SSSR count). The second-order valence-corrected chi connectivity index (χ2v) is 9.36. The fraction of sp³-hybridized carbons (Fsp3) is 0.214. The Labute approximate surface area is 240 Å². The van der Waals surface area contributed by atoms with Crippen molar-refractivity contribution in [3.05, 3.63) is 80.9 Å². The second-order valence-electron chi connectivity index (χ2n) is 8.20. The van der Waals surface area contributed by atoms with E-state index in [1.807, 2.05) is 32.0 Å². The summed E-state index contributed by atoms with van der Waals surface area (Å²) in [5.41, 5.74) is 5.34. The molecule has 0 spiro atoms. The minimum Gasteiger partial charge on any atom is -0.497 e. The fourth-order valence-corrected chi connectivity index (χ4v) is 4.13. The third-order valence-corrected chi connectivity index (χ3v) is 5.98. The van der Waals surface area contributed by atoms with E-state index in [1.165, 1.54) is 6.21 Å². The summed E-state index contributed by atoms with van der Waals surface area (Å²) >= 11 is 2.06. The van der Waals surface area contributed by atoms with Crippen LogP contribution in [0.2, 0.25) is 0 Å². The molecule has 0 heterocycles. The zero-order chi connectivity index (χ0) is 28.2. The topological polar surface area (TPSA) is 127 Å². The molecule has 0 fully saturated rings. The lowest BCUT2D eigenvalue weighted by Gasteiger charge is -2.14. The smallest absolute Gasteiger partial charge is 0.329 e. The number of carbonyl (C=O) groups excluding carboxylic acids is 3. The van der Waals surface area contributed by atoms with Gasteiger partial charge in [0.15, 0.2) is 18.1 Å². The number of nitrogens with one attached hydrogen (secondary N) is 3. The highest BCUT2D eigenvalue weighted by Gasteiger charge is 2.15. The summed E-state index contributed by atoms with van der Waals surface area (Å²) < 4.78 is 17.2. The molecule has 0 aliphatic carbocycles. The minimum atomic E-state index is -0.904. The summed E-state index contributed by atoms with van der Waals surface area (Å²) in [5, 5.41) is 9.21. The number of aryl methyl sites for hydroxylation is 1. The van der Waals surface area contributed by atoms with Crippen LogP contribution in [0.15, 0.2) is 65.8 Å². The van der Waals surface area contributed by atoms with Gasteiger partial charge in [0.2, 0.25) is 0 Å². The van der Waals surface area contributed by atoms with Crippen molar-refractivity contribution in [2.24, 2.45) is 5.10 Å². The molecule has 10 nitrogen and oxygen atoms in total. The molecule has 0 radical (unpaired) electrons. The Bertz CT molecular complexity index is 1340. The maximum Gasteiger partial charge on any atom is 0.329 e. The molecule has 204 valence electrons. The number of amides is 3. The Morgan fingerprint density at radius 3 is 2.46 bits per heavy atom. The Hall–Kier alpha value is -4.13. The summed E-state index contributed by atoms with van der Waals surface area (Å²) in [5.74, 6) is -0.506. The molecule has 0 aliphatic heterocycles. The van der Waals surface area contributed by atoms with E-state index in [9.17, 15) is 14.4 Å². The third kappa shape index (κ3) is 9.28. The van der Waals surface area contributed by atoms with Gasteiger partial charge in [0.25, 0.3) is 5.91 Å². The van der Waals surface area contributed by atoms with Gasteiger partial charge in [0, 0.05) is 12.2 Å². The van der Waals surface area contributed by atoms with Crippen molar-refractivity contribution in [3.8, 4) is 17.2 Å². The predicted molar refractivity (Wildman–Crippen MR) is 156 cm³/mol. The lowest BCUT2D eigenvalue weighted by molar-refractivity contribution is -0.139. The molecule has 0 saturated heterocycles. The van der Waals surface area contributed by atoms with Gasteiger partial charge in [-0.15, -0.1) is 0 Å². The monoisotopic (exact) mass is 644 g/mol. The minimum absolute atomic E-state index is 0.181. The fourth-order valence-electron chi connectivity index (χ4n) is 3.35. The van der Waals surface area contributed by atoms with Gasteiger partial charge < -0.3 is 24.8 Å². The third-order valence-electron chi connectivity index (χ3n) is 5.18. The molecule has 0 bridgehead atoms. The number of carbonyl (C=O) groups is 3. The van der Waals surface area contributed by atoms with Crippen molar-refractivity contribution >= 4 is 52.2 Å². The Morgan fingerprint density at radius 2 is 1.77 bits per heavy atom. The van der Waals surface area contributed by atoms with Gasteiger partial charge in [-0.2, -0.15) is 5.10 Å². The highest BCUT2D eigenvalue weighted by molar-refractivity contribution is 14.1. The maximum atomic E-state index is 12.4. The van der Waals surface area contributed by atoms with Crippen molar-refractivity contribution in [2.45, 2.75) is 20.4 Å². The normalized spacial score (nSPS) is 10.6. The average Bonchev–Trinajstić information content (AvgIpc) is 2.91. The van der Waals surface area contributed by atoms with Crippen LogP contribution < -0.4 is 30.3 Å². The van der Waals surface area contributed by atoms with E-state index in [0.717, 1.165) is 11.1 Å². The van der Waals surface area contributed by atoms with Gasteiger partial charge in [0.05, 0.1) is 23.5 Å². The van der Waals surface area contributed by atoms with Crippen LogP contribution in [-0.2, 0) is 20.9 Å². The van der Waals surface area contributed by atoms with E-state index in [-0.39, 0.29) is 19.1 Å². The van der Waals surface area contributed by atoms with Crippen molar-refractivity contribution in [1.29, 1.82) is 0 Å².